The number of amides is 1. The van der Waals surface area contributed by atoms with Gasteiger partial charge >= 0.3 is 0 Å². The number of hydrogen-bond donors (Lipinski definition) is 2. The van der Waals surface area contributed by atoms with Crippen molar-refractivity contribution in [2.75, 3.05) is 0 Å². The van der Waals surface area contributed by atoms with Gasteiger partial charge in [0.1, 0.15) is 0 Å². The van der Waals surface area contributed by atoms with Gasteiger partial charge in [-0.05, 0) is 92.7 Å². The van der Waals surface area contributed by atoms with E-state index >= 15 is 0 Å². The zero-order valence-electron chi connectivity index (χ0n) is 19.4. The number of hydrogen-bond acceptors (Lipinski definition) is 3. The van der Waals surface area contributed by atoms with E-state index in [1.807, 2.05) is 0 Å². The number of thioether (sulfide) groups is 1. The summed E-state index contributed by atoms with van der Waals surface area (Å²) in [4.78, 5) is 15.3. The molecule has 4 bridgehead atoms. The van der Waals surface area contributed by atoms with Crippen molar-refractivity contribution < 1.29 is 4.79 Å². The lowest BCUT2D eigenvalue weighted by atomic mass is 9.42. The topological polar surface area (TPSA) is 55.1 Å². The van der Waals surface area contributed by atoms with Crippen LogP contribution in [0, 0.1) is 17.3 Å². The average Bonchev–Trinajstić information content (AvgIpc) is 2.84. The molecule has 0 spiro atoms. The molecule has 0 saturated heterocycles. The molecule has 3 N–H and O–H groups in total. The van der Waals surface area contributed by atoms with E-state index in [1.165, 1.54) is 23.3 Å². The number of nitrogens with two attached hydrogens (primary N) is 1. The van der Waals surface area contributed by atoms with Crippen molar-refractivity contribution >= 4 is 17.7 Å². The maximum atomic E-state index is 13.9. The van der Waals surface area contributed by atoms with Crippen LogP contribution >= 0.6 is 11.8 Å². The Labute approximate surface area is 202 Å². The van der Waals surface area contributed by atoms with Crippen LogP contribution in [0.15, 0.2) is 65.6 Å². The molecule has 5 saturated carbocycles. The second kappa shape index (κ2) is 8.46. The van der Waals surface area contributed by atoms with Gasteiger partial charge in [-0.1, -0.05) is 48.5 Å². The molecule has 2 aromatic rings. The third-order valence-corrected chi connectivity index (χ3v) is 10.8. The van der Waals surface area contributed by atoms with Crippen molar-refractivity contribution in [1.29, 1.82) is 0 Å². The molecule has 5 fully saturated rings. The summed E-state index contributed by atoms with van der Waals surface area (Å²) in [5.41, 5.74) is 7.54. The highest BCUT2D eigenvalue weighted by molar-refractivity contribution is 8.00. The molecule has 2 unspecified atom stereocenters. The number of nitrogens with one attached hydrogen (secondary N) is 1. The van der Waals surface area contributed by atoms with Gasteiger partial charge in [0.2, 0.25) is 5.91 Å². The summed E-state index contributed by atoms with van der Waals surface area (Å²) in [5, 5.41) is 4.15. The number of carbonyl (C=O) groups excluding carboxylic acids is 1. The van der Waals surface area contributed by atoms with Gasteiger partial charge in [-0.15, -0.1) is 11.8 Å². The Morgan fingerprint density at radius 3 is 2.09 bits per heavy atom. The Balaban J connectivity index is 1.29. The van der Waals surface area contributed by atoms with Crippen LogP contribution in [0.25, 0.3) is 0 Å². The van der Waals surface area contributed by atoms with Gasteiger partial charge in [0.15, 0.2) is 0 Å². The highest BCUT2D eigenvalue weighted by Crippen LogP contribution is 2.68. The van der Waals surface area contributed by atoms with Crippen LogP contribution in [0.3, 0.4) is 0 Å². The molecular weight excluding hydrogens is 424 g/mol. The van der Waals surface area contributed by atoms with Crippen molar-refractivity contribution in [3.63, 3.8) is 0 Å². The van der Waals surface area contributed by atoms with E-state index in [4.69, 9.17) is 5.73 Å². The molecule has 0 radical (unpaired) electrons. The van der Waals surface area contributed by atoms with Gasteiger partial charge in [-0.2, -0.15) is 0 Å². The van der Waals surface area contributed by atoms with Crippen LogP contribution in [0.1, 0.15) is 63.4 Å². The number of rotatable bonds is 5. The fourth-order valence-corrected chi connectivity index (χ4v) is 9.35. The first-order chi connectivity index (χ1) is 16.1. The van der Waals surface area contributed by atoms with Crippen molar-refractivity contribution in [2.45, 2.75) is 85.4 Å². The lowest BCUT2D eigenvalue weighted by Crippen LogP contribution is -2.63. The lowest BCUT2D eigenvalue weighted by Gasteiger charge is -2.64. The van der Waals surface area contributed by atoms with Gasteiger partial charge in [0.05, 0.1) is 5.41 Å². The number of carbonyl (C=O) groups is 1. The fourth-order valence-electron chi connectivity index (χ4n) is 7.95. The van der Waals surface area contributed by atoms with Crippen LogP contribution in [0.2, 0.25) is 0 Å². The molecule has 5 aliphatic rings. The van der Waals surface area contributed by atoms with Crippen LogP contribution in [0.4, 0.5) is 0 Å². The summed E-state index contributed by atoms with van der Waals surface area (Å²) < 4.78 is 0. The van der Waals surface area contributed by atoms with Crippen molar-refractivity contribution in [3.05, 3.63) is 66.2 Å². The minimum atomic E-state index is -0.199. The van der Waals surface area contributed by atoms with Crippen molar-refractivity contribution in [1.82, 2.24) is 5.32 Å². The predicted octanol–water partition coefficient (Wildman–Crippen LogP) is 5.68. The standard InChI is InChI=1S/C29H36N2OS/c30-23-11-13-24(14-12-23)31-27(32)29-17-20-15-28(19-29,22-7-3-1-4-8-22)16-21(18-29)26(20)33-25-9-5-2-6-10-25/h1-10,20-21,23-24,26H,11-19,30H2,(H,31,32)/t20?,21?,23-,24-,26?,28?,29?. The highest BCUT2D eigenvalue weighted by atomic mass is 32.2. The van der Waals surface area contributed by atoms with Gasteiger partial charge in [0, 0.05) is 22.2 Å². The summed E-state index contributed by atoms with van der Waals surface area (Å²) >= 11 is 2.07. The maximum Gasteiger partial charge on any atom is 0.226 e. The van der Waals surface area contributed by atoms with Crippen LogP contribution in [0.5, 0.6) is 0 Å². The maximum absolute atomic E-state index is 13.9. The van der Waals surface area contributed by atoms with Gasteiger partial charge < -0.3 is 11.1 Å². The van der Waals surface area contributed by atoms with E-state index in [-0.39, 0.29) is 10.8 Å². The van der Waals surface area contributed by atoms with Crippen LogP contribution in [-0.2, 0) is 10.2 Å². The summed E-state index contributed by atoms with van der Waals surface area (Å²) in [7, 11) is 0. The molecular formula is C29H36N2OS. The van der Waals surface area contributed by atoms with Crippen molar-refractivity contribution in [3.8, 4) is 0 Å². The summed E-state index contributed by atoms with van der Waals surface area (Å²) in [6, 6.07) is 22.6. The Morgan fingerprint density at radius 1 is 0.848 bits per heavy atom. The molecule has 0 heterocycles. The summed E-state index contributed by atoms with van der Waals surface area (Å²) in [6.07, 6.45) is 9.73. The molecule has 3 nitrogen and oxygen atoms in total. The van der Waals surface area contributed by atoms with E-state index in [9.17, 15) is 4.79 Å². The fraction of sp³-hybridized carbons (Fsp3) is 0.552. The average molecular weight is 461 g/mol. The molecule has 0 aromatic heterocycles. The Hall–Kier alpha value is -1.78. The summed E-state index contributed by atoms with van der Waals surface area (Å²) in [5.74, 6) is 1.55. The number of benzene rings is 2. The molecule has 5 aliphatic carbocycles. The molecule has 174 valence electrons. The normalized spacial score (nSPS) is 39.4. The molecule has 7 rings (SSSR count). The molecule has 2 aromatic carbocycles. The SMILES string of the molecule is N[C@H]1CC[C@H](NC(=O)C23CC4CC(c5ccccc5)(CC(C2)C4Sc2ccccc2)C3)CC1. The molecule has 33 heavy (non-hydrogen) atoms. The highest BCUT2D eigenvalue weighted by Gasteiger charge is 2.64. The van der Waals surface area contributed by atoms with Gasteiger partial charge in [-0.3, -0.25) is 4.79 Å². The quantitative estimate of drug-likeness (QED) is 0.603. The minimum absolute atomic E-state index is 0.160. The monoisotopic (exact) mass is 460 g/mol. The van der Waals surface area contributed by atoms with E-state index in [1.54, 1.807) is 0 Å². The largest absolute Gasteiger partial charge is 0.353 e. The molecule has 4 heteroatoms. The van der Waals surface area contributed by atoms with E-state index in [0.717, 1.165) is 44.9 Å². The third-order valence-electron chi connectivity index (χ3n) is 9.21. The zero-order valence-corrected chi connectivity index (χ0v) is 20.2. The molecule has 1 amide bonds. The van der Waals surface area contributed by atoms with Gasteiger partial charge in [0.25, 0.3) is 0 Å². The second-order valence-electron chi connectivity index (χ2n) is 11.4. The predicted molar refractivity (Wildman–Crippen MR) is 135 cm³/mol. The van der Waals surface area contributed by atoms with E-state index < -0.39 is 0 Å². The first-order valence-corrected chi connectivity index (χ1v) is 13.8. The minimum Gasteiger partial charge on any atom is -0.353 e. The van der Waals surface area contributed by atoms with E-state index in [0.29, 0.717) is 35.1 Å². The molecule has 2 atom stereocenters. The van der Waals surface area contributed by atoms with E-state index in [2.05, 4.69) is 77.7 Å². The zero-order chi connectivity index (χ0) is 22.5. The Bertz CT molecular complexity index is 969. The van der Waals surface area contributed by atoms with Gasteiger partial charge in [-0.25, -0.2) is 0 Å². The first-order valence-electron chi connectivity index (χ1n) is 12.9. The van der Waals surface area contributed by atoms with Crippen molar-refractivity contribution in [2.24, 2.45) is 23.0 Å². The lowest BCUT2D eigenvalue weighted by molar-refractivity contribution is -0.149. The Kier molecular flexibility index (Phi) is 5.57. The van der Waals surface area contributed by atoms with Crippen LogP contribution < -0.4 is 11.1 Å². The Morgan fingerprint density at radius 2 is 1.45 bits per heavy atom. The smallest absolute Gasteiger partial charge is 0.226 e. The van der Waals surface area contributed by atoms with Crippen LogP contribution in [-0.4, -0.2) is 23.2 Å². The first kappa shape index (κ1) is 21.7. The second-order valence-corrected chi connectivity index (χ2v) is 12.7. The third kappa shape index (κ3) is 3.93. The molecule has 0 aliphatic heterocycles. The summed E-state index contributed by atoms with van der Waals surface area (Å²) in [6.45, 7) is 0.